The third-order valence-corrected chi connectivity index (χ3v) is 7.37. The largest absolute Gasteiger partial charge is 0.508 e. The van der Waals surface area contributed by atoms with E-state index >= 15 is 0 Å². The third kappa shape index (κ3) is 5.20. The van der Waals surface area contributed by atoms with Crippen molar-refractivity contribution in [3.05, 3.63) is 75.8 Å². The van der Waals surface area contributed by atoms with E-state index in [2.05, 4.69) is 11.8 Å². The molecule has 0 atom stereocenters. The van der Waals surface area contributed by atoms with Crippen molar-refractivity contribution < 1.29 is 33.3 Å². The Labute approximate surface area is 239 Å². The van der Waals surface area contributed by atoms with Gasteiger partial charge in [-0.15, -0.1) is 0 Å². The Morgan fingerprint density at radius 3 is 1.66 bits per heavy atom. The Bertz CT molecular complexity index is 1700. The van der Waals surface area contributed by atoms with Crippen molar-refractivity contribution >= 4 is 34.4 Å². The molecule has 0 saturated heterocycles. The molecule has 5 rings (SSSR count). The van der Waals surface area contributed by atoms with E-state index in [1.54, 1.807) is 30.3 Å². The van der Waals surface area contributed by atoms with Gasteiger partial charge in [0, 0.05) is 38.6 Å². The van der Waals surface area contributed by atoms with Crippen molar-refractivity contribution in [2.75, 3.05) is 68.5 Å². The second-order valence-corrected chi connectivity index (χ2v) is 12.6. The second-order valence-electron chi connectivity index (χ2n) is 12.6. The zero-order valence-electron chi connectivity index (χ0n) is 24.2. The Balaban J connectivity index is 1.73. The lowest BCUT2D eigenvalue weighted by atomic mass is 9.83. The van der Waals surface area contributed by atoms with E-state index in [1.807, 2.05) is 42.3 Å². The Hall–Kier alpha value is -4.52. The summed E-state index contributed by atoms with van der Waals surface area (Å²) in [5.74, 6) is 4.32. The van der Waals surface area contributed by atoms with Crippen molar-refractivity contribution in [3.63, 3.8) is 0 Å². The average molecular weight is 555 g/mol. The van der Waals surface area contributed by atoms with Gasteiger partial charge < -0.3 is 14.1 Å². The molecule has 2 heterocycles. The standard InChI is InChI=1S/C32H33N4O5/c1-35(2,3)17-15-33-29(38)23-13-14-24-28-26(32(41)34(30(24)39)16-18-36(4,5)6)21(19-25(27(23)28)31(33)40)10-7-20-8-11-22(37)12-9-20/h8-9,11-14,19H,15-18H2,1-6H3/q+1/p+1. The van der Waals surface area contributed by atoms with Gasteiger partial charge in [-0.3, -0.25) is 29.0 Å². The highest BCUT2D eigenvalue weighted by molar-refractivity contribution is 6.34. The molecule has 9 heteroatoms. The molecule has 3 aromatic carbocycles. The number of quaternary nitrogens is 2. The van der Waals surface area contributed by atoms with Gasteiger partial charge in [0.15, 0.2) is 0 Å². The molecule has 4 amide bonds. The van der Waals surface area contributed by atoms with Gasteiger partial charge in [-0.05, 0) is 42.5 Å². The number of carbonyl (C=O) groups is 4. The van der Waals surface area contributed by atoms with Crippen molar-refractivity contribution in [2.24, 2.45) is 0 Å². The van der Waals surface area contributed by atoms with Crippen LogP contribution in [0.3, 0.4) is 0 Å². The monoisotopic (exact) mass is 554 g/mol. The van der Waals surface area contributed by atoms with Crippen molar-refractivity contribution in [2.45, 2.75) is 0 Å². The third-order valence-electron chi connectivity index (χ3n) is 7.37. The number of likely N-dealkylation sites (N-methyl/N-ethyl adjacent to an activating group) is 2. The van der Waals surface area contributed by atoms with Crippen LogP contribution in [0.4, 0.5) is 0 Å². The minimum Gasteiger partial charge on any atom is -0.508 e. The normalized spacial score (nSPS) is 15.0. The van der Waals surface area contributed by atoms with Crippen LogP contribution in [0.15, 0.2) is 42.5 Å². The second kappa shape index (κ2) is 9.84. The summed E-state index contributed by atoms with van der Waals surface area (Å²) in [6.45, 7) is 1.51. The first-order chi connectivity index (χ1) is 19.2. The number of imide groups is 2. The Kier molecular flexibility index (Phi) is 6.72. The van der Waals surface area contributed by atoms with Crippen molar-refractivity contribution in [1.29, 1.82) is 0 Å². The lowest BCUT2D eigenvalue weighted by Crippen LogP contribution is -2.49. The van der Waals surface area contributed by atoms with E-state index in [0.717, 1.165) is 0 Å². The number of aromatic hydroxyl groups is 1. The molecule has 0 fully saturated rings. The van der Waals surface area contributed by atoms with Crippen LogP contribution in [-0.4, -0.2) is 116 Å². The van der Waals surface area contributed by atoms with Gasteiger partial charge in [0.1, 0.15) is 5.75 Å². The fraction of sp³-hybridized carbons (Fsp3) is 0.312. The molecular formula is C32H34N4O5+2. The summed E-state index contributed by atoms with van der Waals surface area (Å²) in [4.78, 5) is 57.5. The van der Waals surface area contributed by atoms with Crippen LogP contribution in [0.1, 0.15) is 52.6 Å². The lowest BCUT2D eigenvalue weighted by Gasteiger charge is -2.34. The molecule has 0 aromatic heterocycles. The average Bonchev–Trinajstić information content (AvgIpc) is 2.88. The SMILES string of the molecule is C[N+](C)(C)CCN1C(=O)c2ccc3c4c(c(C#Cc5ccc(O)cc5)cc(c24)C1=O)C(=O)N(CC[N+](C)(C)C)C3=O. The molecule has 2 aliphatic heterocycles. The van der Waals surface area contributed by atoms with Gasteiger partial charge in [-0.2, -0.15) is 0 Å². The molecule has 1 N–H and O–H groups in total. The van der Waals surface area contributed by atoms with Crippen LogP contribution < -0.4 is 0 Å². The number of phenolic OH excluding ortho intramolecular Hbond substituents is 1. The molecule has 41 heavy (non-hydrogen) atoms. The van der Waals surface area contributed by atoms with Crippen LogP contribution in [0.5, 0.6) is 5.75 Å². The first-order valence-corrected chi connectivity index (χ1v) is 13.4. The quantitative estimate of drug-likeness (QED) is 0.287. The highest BCUT2D eigenvalue weighted by Crippen LogP contribution is 2.39. The van der Waals surface area contributed by atoms with Crippen LogP contribution in [0.25, 0.3) is 10.8 Å². The van der Waals surface area contributed by atoms with Gasteiger partial charge in [0.05, 0.1) is 74.0 Å². The predicted octanol–water partition coefficient (Wildman–Crippen LogP) is 2.55. The first kappa shape index (κ1) is 28.0. The molecule has 0 saturated carbocycles. The Morgan fingerprint density at radius 2 is 1.12 bits per heavy atom. The predicted molar refractivity (Wildman–Crippen MR) is 155 cm³/mol. The minimum absolute atomic E-state index is 0.101. The summed E-state index contributed by atoms with van der Waals surface area (Å²) in [7, 11) is 11.9. The van der Waals surface area contributed by atoms with Gasteiger partial charge in [-0.1, -0.05) is 11.8 Å². The maximum Gasteiger partial charge on any atom is 0.262 e. The lowest BCUT2D eigenvalue weighted by molar-refractivity contribution is -0.869. The number of phenols is 1. The maximum atomic E-state index is 14.0. The summed E-state index contributed by atoms with van der Waals surface area (Å²) in [6, 6.07) is 11.1. The fourth-order valence-corrected chi connectivity index (χ4v) is 5.06. The van der Waals surface area contributed by atoms with Crippen LogP contribution >= 0.6 is 0 Å². The zero-order valence-corrected chi connectivity index (χ0v) is 24.2. The topological polar surface area (TPSA) is 95.0 Å². The Morgan fingerprint density at radius 1 is 0.634 bits per heavy atom. The van der Waals surface area contributed by atoms with E-state index in [-0.39, 0.29) is 35.5 Å². The van der Waals surface area contributed by atoms with Gasteiger partial charge in [-0.25, -0.2) is 0 Å². The van der Waals surface area contributed by atoms with Gasteiger partial charge >= 0.3 is 0 Å². The number of hydrogen-bond acceptors (Lipinski definition) is 5. The molecule has 0 unspecified atom stereocenters. The van der Waals surface area contributed by atoms with E-state index in [1.165, 1.54) is 21.9 Å². The van der Waals surface area contributed by atoms with Crippen molar-refractivity contribution in [3.8, 4) is 17.6 Å². The molecule has 2 aliphatic rings. The summed E-state index contributed by atoms with van der Waals surface area (Å²) in [5, 5.41) is 10.3. The fourth-order valence-electron chi connectivity index (χ4n) is 5.06. The van der Waals surface area contributed by atoms with E-state index in [0.29, 0.717) is 49.5 Å². The summed E-state index contributed by atoms with van der Waals surface area (Å²) in [5.41, 5.74) is 1.94. The van der Waals surface area contributed by atoms with E-state index < -0.39 is 23.6 Å². The number of rotatable bonds is 6. The molecule has 0 radical (unpaired) electrons. The number of nitrogens with zero attached hydrogens (tertiary/aromatic N) is 4. The zero-order chi connectivity index (χ0) is 29.9. The molecule has 0 spiro atoms. The highest BCUT2D eigenvalue weighted by atomic mass is 16.3. The van der Waals surface area contributed by atoms with Gasteiger partial charge in [0.25, 0.3) is 23.6 Å². The highest BCUT2D eigenvalue weighted by Gasteiger charge is 2.41. The molecular weight excluding hydrogens is 520 g/mol. The molecule has 3 aromatic rings. The molecule has 210 valence electrons. The van der Waals surface area contributed by atoms with E-state index in [4.69, 9.17) is 0 Å². The van der Waals surface area contributed by atoms with Crippen LogP contribution in [0.2, 0.25) is 0 Å². The summed E-state index contributed by atoms with van der Waals surface area (Å²) >= 11 is 0. The van der Waals surface area contributed by atoms with Crippen LogP contribution in [0, 0.1) is 11.8 Å². The number of carbonyl (C=O) groups excluding carboxylic acids is 4. The first-order valence-electron chi connectivity index (χ1n) is 13.4. The van der Waals surface area contributed by atoms with Gasteiger partial charge in [0.2, 0.25) is 0 Å². The smallest absolute Gasteiger partial charge is 0.262 e. The summed E-state index contributed by atoms with van der Waals surface area (Å²) < 4.78 is 1.11. The minimum atomic E-state index is -0.498. The number of hydrogen-bond donors (Lipinski definition) is 1. The van der Waals surface area contributed by atoms with Crippen LogP contribution in [-0.2, 0) is 0 Å². The summed E-state index contributed by atoms with van der Waals surface area (Å²) in [6.07, 6.45) is 0. The number of amides is 4. The van der Waals surface area contributed by atoms with Crippen molar-refractivity contribution in [1.82, 2.24) is 9.80 Å². The molecule has 9 nitrogen and oxygen atoms in total. The maximum absolute atomic E-state index is 14.0. The molecule has 0 bridgehead atoms. The number of benzene rings is 3. The molecule has 0 aliphatic carbocycles. The van der Waals surface area contributed by atoms with E-state index in [9.17, 15) is 24.3 Å².